The zero-order chi connectivity index (χ0) is 22.0. The van der Waals surface area contributed by atoms with Gasteiger partial charge in [0.25, 0.3) is 0 Å². The summed E-state index contributed by atoms with van der Waals surface area (Å²) in [5.74, 6) is 2.40. The van der Waals surface area contributed by atoms with Gasteiger partial charge in [-0.05, 0) is 56.5 Å². The van der Waals surface area contributed by atoms with E-state index in [1.54, 1.807) is 4.80 Å². The number of nitrogens with zero attached hydrogens (tertiary/aromatic N) is 5. The Balaban J connectivity index is 1.11. The summed E-state index contributed by atoms with van der Waals surface area (Å²) in [4.78, 5) is 4.26. The van der Waals surface area contributed by atoms with Crippen molar-refractivity contribution >= 4 is 0 Å². The molecule has 0 amide bonds. The molecular weight excluding hydrogens is 402 g/mol. The van der Waals surface area contributed by atoms with E-state index in [-0.39, 0.29) is 6.10 Å². The number of hydrogen-bond acceptors (Lipinski definition) is 6. The average molecular weight is 436 g/mol. The quantitative estimate of drug-likeness (QED) is 0.415. The average Bonchev–Trinajstić information content (AvgIpc) is 3.31. The van der Waals surface area contributed by atoms with Gasteiger partial charge in [-0.1, -0.05) is 48.9 Å². The van der Waals surface area contributed by atoms with Crippen molar-refractivity contribution in [1.82, 2.24) is 25.1 Å². The lowest BCUT2D eigenvalue weighted by Crippen LogP contribution is -2.38. The fraction of sp³-hybridized carbons (Fsp3) is 0.480. The van der Waals surface area contributed by atoms with Crippen LogP contribution in [-0.2, 0) is 6.54 Å². The third-order valence-electron chi connectivity index (χ3n) is 5.79. The van der Waals surface area contributed by atoms with Crippen LogP contribution in [0.3, 0.4) is 0 Å². The van der Waals surface area contributed by atoms with E-state index < -0.39 is 0 Å². The largest absolute Gasteiger partial charge is 0.490 e. The lowest BCUT2D eigenvalue weighted by atomic mass is 10.1. The maximum Gasteiger partial charge on any atom is 0.204 e. The molecule has 1 saturated heterocycles. The topological polar surface area (TPSA) is 65.3 Å². The summed E-state index contributed by atoms with van der Waals surface area (Å²) in [6.07, 6.45) is 5.82. The maximum atomic E-state index is 6.24. The second kappa shape index (κ2) is 11.6. The summed E-state index contributed by atoms with van der Waals surface area (Å²) in [5, 5.41) is 12.8. The van der Waals surface area contributed by atoms with Crippen LogP contribution >= 0.6 is 0 Å². The molecule has 0 saturated carbocycles. The Hall–Kier alpha value is -2.93. The Kier molecular flexibility index (Phi) is 8.09. The molecule has 170 valence electrons. The van der Waals surface area contributed by atoms with E-state index >= 15 is 0 Å². The minimum Gasteiger partial charge on any atom is -0.490 e. The van der Waals surface area contributed by atoms with Gasteiger partial charge >= 0.3 is 0 Å². The van der Waals surface area contributed by atoms with Crippen molar-refractivity contribution in [3.8, 4) is 22.9 Å². The molecule has 0 spiro atoms. The van der Waals surface area contributed by atoms with E-state index in [0.29, 0.717) is 12.4 Å². The summed E-state index contributed by atoms with van der Waals surface area (Å²) < 4.78 is 11.9. The number of piperidine rings is 1. The Morgan fingerprint density at radius 2 is 1.59 bits per heavy atom. The SMILES string of the molecule is CCOc1ccccc1OC1CCN(CCCCCn2nnc(-c3ccccc3)n2)CC1. The van der Waals surface area contributed by atoms with Gasteiger partial charge in [-0.15, -0.1) is 10.2 Å². The molecule has 1 aliphatic rings. The van der Waals surface area contributed by atoms with E-state index in [1.165, 1.54) is 12.8 Å². The van der Waals surface area contributed by atoms with Gasteiger partial charge in [0.05, 0.1) is 13.2 Å². The highest BCUT2D eigenvalue weighted by atomic mass is 16.5. The first-order chi connectivity index (χ1) is 15.8. The van der Waals surface area contributed by atoms with Gasteiger partial charge in [0.1, 0.15) is 6.10 Å². The number of aromatic nitrogens is 4. The summed E-state index contributed by atoms with van der Waals surface area (Å²) in [6, 6.07) is 18.0. The first kappa shape index (κ1) is 22.3. The summed E-state index contributed by atoms with van der Waals surface area (Å²) in [6.45, 7) is 6.79. The van der Waals surface area contributed by atoms with Gasteiger partial charge in [0.2, 0.25) is 5.82 Å². The minimum atomic E-state index is 0.269. The number of likely N-dealkylation sites (tertiary alicyclic amines) is 1. The van der Waals surface area contributed by atoms with E-state index in [2.05, 4.69) is 20.3 Å². The van der Waals surface area contributed by atoms with Crippen LogP contribution in [0.25, 0.3) is 11.4 Å². The Labute approximate surface area is 190 Å². The van der Waals surface area contributed by atoms with Crippen LogP contribution < -0.4 is 9.47 Å². The first-order valence-corrected chi connectivity index (χ1v) is 11.8. The number of ether oxygens (including phenoxy) is 2. The molecule has 4 rings (SSSR count). The zero-order valence-electron chi connectivity index (χ0n) is 18.9. The summed E-state index contributed by atoms with van der Waals surface area (Å²) in [7, 11) is 0. The van der Waals surface area contributed by atoms with E-state index in [0.717, 1.165) is 62.5 Å². The molecule has 7 heteroatoms. The van der Waals surface area contributed by atoms with E-state index in [4.69, 9.17) is 9.47 Å². The van der Waals surface area contributed by atoms with Crippen molar-refractivity contribution in [2.75, 3.05) is 26.2 Å². The predicted octanol–water partition coefficient (Wildman–Crippen LogP) is 4.45. The van der Waals surface area contributed by atoms with Gasteiger partial charge in [-0.25, -0.2) is 0 Å². The molecule has 2 heterocycles. The van der Waals surface area contributed by atoms with Crippen LogP contribution in [0, 0.1) is 0 Å². The number of tetrazole rings is 1. The van der Waals surface area contributed by atoms with Gasteiger partial charge in [-0.2, -0.15) is 4.80 Å². The number of benzene rings is 2. The molecule has 1 fully saturated rings. The molecule has 0 bridgehead atoms. The third-order valence-corrected chi connectivity index (χ3v) is 5.79. The second-order valence-electron chi connectivity index (χ2n) is 8.17. The molecule has 1 aliphatic heterocycles. The molecule has 0 radical (unpaired) electrons. The second-order valence-corrected chi connectivity index (χ2v) is 8.17. The number of aryl methyl sites for hydroxylation is 1. The van der Waals surface area contributed by atoms with Crippen LogP contribution in [0.2, 0.25) is 0 Å². The molecule has 1 aromatic heterocycles. The molecular formula is C25H33N5O2. The Morgan fingerprint density at radius 3 is 2.38 bits per heavy atom. The Bertz CT molecular complexity index is 938. The molecule has 3 aromatic rings. The van der Waals surface area contributed by atoms with Crippen molar-refractivity contribution in [2.45, 2.75) is 51.7 Å². The maximum absolute atomic E-state index is 6.24. The highest BCUT2D eigenvalue weighted by molar-refractivity contribution is 5.52. The molecule has 7 nitrogen and oxygen atoms in total. The number of unbranched alkanes of at least 4 members (excludes halogenated alkanes) is 2. The third kappa shape index (κ3) is 6.29. The summed E-state index contributed by atoms with van der Waals surface area (Å²) in [5.41, 5.74) is 1.01. The van der Waals surface area contributed by atoms with Gasteiger partial charge in [-0.3, -0.25) is 0 Å². The van der Waals surface area contributed by atoms with E-state index in [1.807, 2.05) is 61.5 Å². The van der Waals surface area contributed by atoms with Gasteiger partial charge in [0.15, 0.2) is 11.5 Å². The molecule has 2 aromatic carbocycles. The minimum absolute atomic E-state index is 0.269. The first-order valence-electron chi connectivity index (χ1n) is 11.8. The molecule has 0 atom stereocenters. The van der Waals surface area contributed by atoms with Crippen LogP contribution in [0.5, 0.6) is 11.5 Å². The van der Waals surface area contributed by atoms with E-state index in [9.17, 15) is 0 Å². The lowest BCUT2D eigenvalue weighted by Gasteiger charge is -2.32. The van der Waals surface area contributed by atoms with Crippen LogP contribution in [0.15, 0.2) is 54.6 Å². The monoisotopic (exact) mass is 435 g/mol. The van der Waals surface area contributed by atoms with Crippen LogP contribution in [-0.4, -0.2) is 57.5 Å². The number of para-hydroxylation sites is 2. The Morgan fingerprint density at radius 1 is 0.875 bits per heavy atom. The van der Waals surface area contributed by atoms with Gasteiger partial charge in [0, 0.05) is 18.7 Å². The molecule has 0 N–H and O–H groups in total. The predicted molar refractivity (Wildman–Crippen MR) is 125 cm³/mol. The van der Waals surface area contributed by atoms with Crippen LogP contribution in [0.4, 0.5) is 0 Å². The fourth-order valence-electron chi connectivity index (χ4n) is 4.06. The smallest absolute Gasteiger partial charge is 0.204 e. The number of hydrogen-bond donors (Lipinski definition) is 0. The van der Waals surface area contributed by atoms with Crippen LogP contribution in [0.1, 0.15) is 39.0 Å². The van der Waals surface area contributed by atoms with Crippen molar-refractivity contribution in [3.63, 3.8) is 0 Å². The fourth-order valence-corrected chi connectivity index (χ4v) is 4.06. The van der Waals surface area contributed by atoms with Crippen molar-refractivity contribution < 1.29 is 9.47 Å². The van der Waals surface area contributed by atoms with Crippen molar-refractivity contribution in [1.29, 1.82) is 0 Å². The zero-order valence-corrected chi connectivity index (χ0v) is 18.9. The standard InChI is InChI=1S/C25H33N5O2/c1-2-31-23-13-7-8-14-24(23)32-22-15-19-29(20-16-22)17-9-4-10-18-30-27-25(26-28-30)21-11-5-3-6-12-21/h3,5-8,11-14,22H,2,4,9-10,15-20H2,1H3. The van der Waals surface area contributed by atoms with Gasteiger partial charge < -0.3 is 14.4 Å². The molecule has 0 unspecified atom stereocenters. The van der Waals surface area contributed by atoms with Crippen molar-refractivity contribution in [3.05, 3.63) is 54.6 Å². The molecule has 0 aliphatic carbocycles. The number of rotatable bonds is 11. The lowest BCUT2D eigenvalue weighted by molar-refractivity contribution is 0.0962. The normalized spacial score (nSPS) is 15.0. The highest BCUT2D eigenvalue weighted by Crippen LogP contribution is 2.29. The summed E-state index contributed by atoms with van der Waals surface area (Å²) >= 11 is 0. The molecule has 32 heavy (non-hydrogen) atoms. The highest BCUT2D eigenvalue weighted by Gasteiger charge is 2.21. The van der Waals surface area contributed by atoms with Crippen molar-refractivity contribution in [2.24, 2.45) is 0 Å².